The summed E-state index contributed by atoms with van der Waals surface area (Å²) in [5.41, 5.74) is 3.08. The Kier molecular flexibility index (Phi) is 5.61. The SMILES string of the molecule is Cc1cccc(-c2nn(-c3ccc(F)cc3)cc2C(=O)OCC(=O)N2CCCC2)c1. The van der Waals surface area contributed by atoms with Gasteiger partial charge in [-0.1, -0.05) is 23.8 Å². The van der Waals surface area contributed by atoms with Crippen molar-refractivity contribution in [1.82, 2.24) is 14.7 Å². The van der Waals surface area contributed by atoms with E-state index in [9.17, 15) is 14.0 Å². The van der Waals surface area contributed by atoms with Crippen molar-refractivity contribution in [3.8, 4) is 16.9 Å². The number of ether oxygens (including phenoxy) is 1. The van der Waals surface area contributed by atoms with Crippen LogP contribution in [0.3, 0.4) is 0 Å². The number of nitrogens with zero attached hydrogens (tertiary/aromatic N) is 3. The van der Waals surface area contributed by atoms with Crippen LogP contribution in [0, 0.1) is 12.7 Å². The molecule has 154 valence electrons. The molecule has 2 heterocycles. The van der Waals surface area contributed by atoms with Gasteiger partial charge in [-0.3, -0.25) is 4.79 Å². The summed E-state index contributed by atoms with van der Waals surface area (Å²) in [7, 11) is 0. The van der Waals surface area contributed by atoms with Crippen LogP contribution in [0.5, 0.6) is 0 Å². The molecule has 0 unspecified atom stereocenters. The highest BCUT2D eigenvalue weighted by Gasteiger charge is 2.23. The number of esters is 1. The topological polar surface area (TPSA) is 64.4 Å². The van der Waals surface area contributed by atoms with Crippen molar-refractivity contribution >= 4 is 11.9 Å². The Labute approximate surface area is 173 Å². The molecular weight excluding hydrogens is 385 g/mol. The largest absolute Gasteiger partial charge is 0.452 e. The molecule has 1 amide bonds. The van der Waals surface area contributed by atoms with Gasteiger partial charge in [0.25, 0.3) is 5.91 Å². The molecule has 0 bridgehead atoms. The fraction of sp³-hybridized carbons (Fsp3) is 0.261. The van der Waals surface area contributed by atoms with Gasteiger partial charge in [0.15, 0.2) is 6.61 Å². The molecule has 0 aliphatic carbocycles. The van der Waals surface area contributed by atoms with Crippen LogP contribution in [0.2, 0.25) is 0 Å². The van der Waals surface area contributed by atoms with Gasteiger partial charge in [-0.25, -0.2) is 13.9 Å². The molecule has 0 atom stereocenters. The second-order valence-corrected chi connectivity index (χ2v) is 7.35. The van der Waals surface area contributed by atoms with E-state index in [1.807, 2.05) is 31.2 Å². The quantitative estimate of drug-likeness (QED) is 0.604. The van der Waals surface area contributed by atoms with Gasteiger partial charge in [0.05, 0.1) is 5.69 Å². The first-order valence-electron chi connectivity index (χ1n) is 9.89. The van der Waals surface area contributed by atoms with Gasteiger partial charge < -0.3 is 9.64 Å². The minimum Gasteiger partial charge on any atom is -0.452 e. The zero-order chi connectivity index (χ0) is 21.1. The first kappa shape index (κ1) is 19.8. The molecule has 2 aromatic carbocycles. The molecule has 7 heteroatoms. The highest BCUT2D eigenvalue weighted by Crippen LogP contribution is 2.25. The zero-order valence-corrected chi connectivity index (χ0v) is 16.7. The van der Waals surface area contributed by atoms with Crippen LogP contribution in [0.4, 0.5) is 4.39 Å². The number of aromatic nitrogens is 2. The van der Waals surface area contributed by atoms with Crippen molar-refractivity contribution in [3.63, 3.8) is 0 Å². The number of hydrogen-bond acceptors (Lipinski definition) is 4. The third kappa shape index (κ3) is 4.25. The number of rotatable bonds is 5. The molecule has 1 fully saturated rings. The average molecular weight is 407 g/mol. The first-order valence-corrected chi connectivity index (χ1v) is 9.89. The molecule has 6 nitrogen and oxygen atoms in total. The van der Waals surface area contributed by atoms with E-state index < -0.39 is 5.97 Å². The lowest BCUT2D eigenvalue weighted by atomic mass is 10.1. The summed E-state index contributed by atoms with van der Waals surface area (Å²) >= 11 is 0. The number of halogens is 1. The number of likely N-dealkylation sites (tertiary alicyclic amines) is 1. The van der Waals surface area contributed by atoms with Crippen molar-refractivity contribution in [2.45, 2.75) is 19.8 Å². The number of carbonyl (C=O) groups is 2. The zero-order valence-electron chi connectivity index (χ0n) is 16.7. The van der Waals surface area contributed by atoms with Gasteiger partial charge >= 0.3 is 5.97 Å². The monoisotopic (exact) mass is 407 g/mol. The third-order valence-corrected chi connectivity index (χ3v) is 5.10. The standard InChI is InChI=1S/C23H22FN3O3/c1-16-5-4-6-17(13-16)22-20(14-27(25-22)19-9-7-18(24)8-10-19)23(29)30-15-21(28)26-11-2-3-12-26/h4-10,13-14H,2-3,11-12,15H2,1H3. The van der Waals surface area contributed by atoms with Crippen molar-refractivity contribution in [2.24, 2.45) is 0 Å². The maximum atomic E-state index is 13.3. The maximum absolute atomic E-state index is 13.3. The summed E-state index contributed by atoms with van der Waals surface area (Å²) in [6, 6.07) is 13.4. The van der Waals surface area contributed by atoms with Gasteiger partial charge in [0, 0.05) is 24.8 Å². The van der Waals surface area contributed by atoms with Gasteiger partial charge in [-0.05, 0) is 50.1 Å². The summed E-state index contributed by atoms with van der Waals surface area (Å²) in [5, 5.41) is 4.55. The Morgan fingerprint density at radius 1 is 1.10 bits per heavy atom. The highest BCUT2D eigenvalue weighted by molar-refractivity contribution is 5.97. The number of hydrogen-bond donors (Lipinski definition) is 0. The van der Waals surface area contributed by atoms with E-state index in [2.05, 4.69) is 5.10 Å². The Hall–Kier alpha value is -3.48. The van der Waals surface area contributed by atoms with Crippen LogP contribution in [0.15, 0.2) is 54.7 Å². The van der Waals surface area contributed by atoms with E-state index >= 15 is 0 Å². The van der Waals surface area contributed by atoms with Crippen LogP contribution in [0.25, 0.3) is 16.9 Å². The normalized spacial score (nSPS) is 13.5. The second-order valence-electron chi connectivity index (χ2n) is 7.35. The van der Waals surface area contributed by atoms with Crippen molar-refractivity contribution in [1.29, 1.82) is 0 Å². The lowest BCUT2D eigenvalue weighted by Gasteiger charge is -2.14. The minimum absolute atomic E-state index is 0.191. The van der Waals surface area contributed by atoms with Gasteiger partial charge in [-0.15, -0.1) is 0 Å². The first-order chi connectivity index (χ1) is 14.5. The number of aryl methyl sites for hydroxylation is 1. The lowest BCUT2D eigenvalue weighted by molar-refractivity contribution is -0.133. The van der Waals surface area contributed by atoms with E-state index in [-0.39, 0.29) is 23.9 Å². The van der Waals surface area contributed by atoms with Crippen LogP contribution in [-0.4, -0.2) is 46.3 Å². The van der Waals surface area contributed by atoms with E-state index in [1.54, 1.807) is 23.2 Å². The van der Waals surface area contributed by atoms with Crippen LogP contribution in [-0.2, 0) is 9.53 Å². The summed E-state index contributed by atoms with van der Waals surface area (Å²) in [6.45, 7) is 3.06. The molecule has 1 aliphatic heterocycles. The average Bonchev–Trinajstić information content (AvgIpc) is 3.43. The lowest BCUT2D eigenvalue weighted by Crippen LogP contribution is -2.32. The number of benzene rings is 2. The van der Waals surface area contributed by atoms with Crippen LogP contribution in [0.1, 0.15) is 28.8 Å². The molecule has 0 N–H and O–H groups in total. The summed E-state index contributed by atoms with van der Waals surface area (Å²) in [6.07, 6.45) is 3.50. The maximum Gasteiger partial charge on any atom is 0.342 e. The smallest absolute Gasteiger partial charge is 0.342 e. The van der Waals surface area contributed by atoms with Gasteiger partial charge in [0.1, 0.15) is 17.1 Å². The molecule has 1 aliphatic rings. The number of carbonyl (C=O) groups excluding carboxylic acids is 2. The van der Waals surface area contributed by atoms with Crippen LogP contribution >= 0.6 is 0 Å². The molecule has 3 aromatic rings. The molecule has 4 rings (SSSR count). The summed E-state index contributed by atoms with van der Waals surface area (Å²) in [4.78, 5) is 26.8. The molecule has 1 aromatic heterocycles. The summed E-state index contributed by atoms with van der Waals surface area (Å²) in [5.74, 6) is -1.17. The molecule has 1 saturated heterocycles. The van der Waals surface area contributed by atoms with E-state index in [0.29, 0.717) is 24.5 Å². The fourth-order valence-corrected chi connectivity index (χ4v) is 3.52. The Morgan fingerprint density at radius 3 is 2.53 bits per heavy atom. The molecule has 0 saturated carbocycles. The van der Waals surface area contributed by atoms with Crippen molar-refractivity contribution < 1.29 is 18.7 Å². The third-order valence-electron chi connectivity index (χ3n) is 5.10. The van der Waals surface area contributed by atoms with Gasteiger partial charge in [-0.2, -0.15) is 5.10 Å². The fourth-order valence-electron chi connectivity index (χ4n) is 3.52. The molecule has 30 heavy (non-hydrogen) atoms. The Morgan fingerprint density at radius 2 is 1.83 bits per heavy atom. The van der Waals surface area contributed by atoms with E-state index in [0.717, 1.165) is 24.0 Å². The summed E-state index contributed by atoms with van der Waals surface area (Å²) < 4.78 is 20.1. The second kappa shape index (κ2) is 8.49. The van der Waals surface area contributed by atoms with Crippen molar-refractivity contribution in [3.05, 3.63) is 71.7 Å². The van der Waals surface area contributed by atoms with E-state index in [1.165, 1.54) is 16.8 Å². The number of amides is 1. The minimum atomic E-state index is -0.618. The Balaban J connectivity index is 1.63. The molecule has 0 radical (unpaired) electrons. The van der Waals surface area contributed by atoms with Crippen molar-refractivity contribution in [2.75, 3.05) is 19.7 Å². The predicted octanol–water partition coefficient (Wildman–Crippen LogP) is 3.77. The van der Waals surface area contributed by atoms with E-state index in [4.69, 9.17) is 4.74 Å². The molecule has 0 spiro atoms. The highest BCUT2D eigenvalue weighted by atomic mass is 19.1. The van der Waals surface area contributed by atoms with Crippen LogP contribution < -0.4 is 0 Å². The van der Waals surface area contributed by atoms with Gasteiger partial charge in [0.2, 0.25) is 0 Å². The Bertz CT molecular complexity index is 1070. The predicted molar refractivity (Wildman–Crippen MR) is 110 cm³/mol. The molecular formula is C23H22FN3O3.